The van der Waals surface area contributed by atoms with Gasteiger partial charge in [-0.05, 0) is 50.1 Å². The highest BCUT2D eigenvalue weighted by Gasteiger charge is 2.17. The third kappa shape index (κ3) is 6.32. The van der Waals surface area contributed by atoms with Gasteiger partial charge in [0.2, 0.25) is 0 Å². The predicted octanol–water partition coefficient (Wildman–Crippen LogP) is 4.42. The minimum atomic E-state index is -0.285. The van der Waals surface area contributed by atoms with E-state index in [-0.39, 0.29) is 17.9 Å². The van der Waals surface area contributed by atoms with Crippen molar-refractivity contribution in [1.82, 2.24) is 5.32 Å². The SMILES string of the molecule is CCOCCOc1ccccc1C(=O)Nc1cccc(C(=O)NC2CCCCC2)c1. The van der Waals surface area contributed by atoms with E-state index in [9.17, 15) is 9.59 Å². The van der Waals surface area contributed by atoms with Crippen LogP contribution in [0, 0.1) is 0 Å². The standard InChI is InChI=1S/C24H30N2O4/c1-2-29-15-16-30-22-14-7-6-13-21(22)24(28)26-20-12-8-9-18(17-20)23(27)25-19-10-4-3-5-11-19/h6-9,12-14,17,19H,2-5,10-11,15-16H2,1H3,(H,25,27)(H,26,28). The summed E-state index contributed by atoms with van der Waals surface area (Å²) in [6.07, 6.45) is 5.62. The molecule has 0 aromatic heterocycles. The summed E-state index contributed by atoms with van der Waals surface area (Å²) in [6, 6.07) is 14.3. The fraction of sp³-hybridized carbons (Fsp3) is 0.417. The van der Waals surface area contributed by atoms with Crippen molar-refractivity contribution >= 4 is 17.5 Å². The minimum absolute atomic E-state index is 0.0994. The van der Waals surface area contributed by atoms with Crippen LogP contribution in [-0.4, -0.2) is 37.7 Å². The van der Waals surface area contributed by atoms with Crippen molar-refractivity contribution in [2.24, 2.45) is 0 Å². The molecular weight excluding hydrogens is 380 g/mol. The normalized spacial score (nSPS) is 14.2. The van der Waals surface area contributed by atoms with Crippen molar-refractivity contribution in [2.45, 2.75) is 45.1 Å². The van der Waals surface area contributed by atoms with Gasteiger partial charge in [0.1, 0.15) is 12.4 Å². The first-order chi connectivity index (χ1) is 14.7. The number of amides is 2. The Morgan fingerprint density at radius 2 is 1.77 bits per heavy atom. The van der Waals surface area contributed by atoms with E-state index in [1.54, 1.807) is 42.5 Å². The highest BCUT2D eigenvalue weighted by atomic mass is 16.5. The molecule has 3 rings (SSSR count). The Kier molecular flexibility index (Phi) is 8.27. The molecule has 0 bridgehead atoms. The van der Waals surface area contributed by atoms with Crippen LogP contribution < -0.4 is 15.4 Å². The average molecular weight is 411 g/mol. The fourth-order valence-corrected chi connectivity index (χ4v) is 3.59. The van der Waals surface area contributed by atoms with Gasteiger partial charge in [-0.1, -0.05) is 37.5 Å². The molecule has 0 atom stereocenters. The first-order valence-electron chi connectivity index (χ1n) is 10.7. The zero-order valence-electron chi connectivity index (χ0n) is 17.5. The van der Waals surface area contributed by atoms with Gasteiger partial charge in [0.05, 0.1) is 12.2 Å². The van der Waals surface area contributed by atoms with Crippen LogP contribution >= 0.6 is 0 Å². The number of rotatable bonds is 9. The molecule has 1 fully saturated rings. The van der Waals surface area contributed by atoms with E-state index in [2.05, 4.69) is 10.6 Å². The summed E-state index contributed by atoms with van der Waals surface area (Å²) < 4.78 is 11.0. The Hall–Kier alpha value is -2.86. The Bertz CT molecular complexity index is 847. The Morgan fingerprint density at radius 3 is 2.57 bits per heavy atom. The second-order valence-electron chi connectivity index (χ2n) is 7.38. The van der Waals surface area contributed by atoms with Gasteiger partial charge in [0.15, 0.2) is 0 Å². The zero-order valence-corrected chi connectivity index (χ0v) is 17.5. The smallest absolute Gasteiger partial charge is 0.259 e. The van der Waals surface area contributed by atoms with Crippen LogP contribution in [0.2, 0.25) is 0 Å². The molecule has 0 radical (unpaired) electrons. The molecule has 0 saturated heterocycles. The quantitative estimate of drug-likeness (QED) is 0.600. The van der Waals surface area contributed by atoms with Gasteiger partial charge in [-0.2, -0.15) is 0 Å². The highest BCUT2D eigenvalue weighted by Crippen LogP contribution is 2.21. The largest absolute Gasteiger partial charge is 0.490 e. The second kappa shape index (κ2) is 11.4. The Morgan fingerprint density at radius 1 is 0.967 bits per heavy atom. The summed E-state index contributed by atoms with van der Waals surface area (Å²) in [7, 11) is 0. The van der Waals surface area contributed by atoms with Gasteiger partial charge in [-0.25, -0.2) is 0 Å². The molecular formula is C24H30N2O4. The molecule has 1 saturated carbocycles. The third-order valence-electron chi connectivity index (χ3n) is 5.14. The number of para-hydroxylation sites is 1. The van der Waals surface area contributed by atoms with Crippen molar-refractivity contribution in [3.05, 3.63) is 59.7 Å². The molecule has 30 heavy (non-hydrogen) atoms. The number of nitrogens with one attached hydrogen (secondary N) is 2. The van der Waals surface area contributed by atoms with Crippen molar-refractivity contribution < 1.29 is 19.1 Å². The number of anilines is 1. The highest BCUT2D eigenvalue weighted by molar-refractivity contribution is 6.06. The summed E-state index contributed by atoms with van der Waals surface area (Å²) in [6.45, 7) is 3.38. The van der Waals surface area contributed by atoms with E-state index in [1.165, 1.54) is 6.42 Å². The minimum Gasteiger partial charge on any atom is -0.490 e. The van der Waals surface area contributed by atoms with E-state index in [0.29, 0.717) is 42.4 Å². The van der Waals surface area contributed by atoms with Crippen LogP contribution in [0.25, 0.3) is 0 Å². The van der Waals surface area contributed by atoms with Crippen LogP contribution in [0.5, 0.6) is 5.75 Å². The summed E-state index contributed by atoms with van der Waals surface area (Å²) in [5, 5.41) is 5.98. The van der Waals surface area contributed by atoms with Crippen molar-refractivity contribution in [3.63, 3.8) is 0 Å². The molecule has 2 N–H and O–H groups in total. The van der Waals surface area contributed by atoms with Crippen molar-refractivity contribution in [1.29, 1.82) is 0 Å². The molecule has 6 nitrogen and oxygen atoms in total. The lowest BCUT2D eigenvalue weighted by molar-refractivity contribution is 0.0926. The Labute approximate surface area is 178 Å². The van der Waals surface area contributed by atoms with E-state index in [0.717, 1.165) is 25.7 Å². The number of hydrogen-bond donors (Lipinski definition) is 2. The molecule has 1 aliphatic carbocycles. The molecule has 2 aromatic carbocycles. The number of benzene rings is 2. The summed E-state index contributed by atoms with van der Waals surface area (Å²) >= 11 is 0. The summed E-state index contributed by atoms with van der Waals surface area (Å²) in [4.78, 5) is 25.4. The second-order valence-corrected chi connectivity index (χ2v) is 7.38. The summed E-state index contributed by atoms with van der Waals surface area (Å²) in [5.74, 6) is 0.116. The van der Waals surface area contributed by atoms with Gasteiger partial charge >= 0.3 is 0 Å². The van der Waals surface area contributed by atoms with Gasteiger partial charge < -0.3 is 20.1 Å². The maximum Gasteiger partial charge on any atom is 0.259 e. The molecule has 0 heterocycles. The van der Waals surface area contributed by atoms with Crippen LogP contribution in [0.4, 0.5) is 5.69 Å². The molecule has 0 unspecified atom stereocenters. The van der Waals surface area contributed by atoms with Crippen LogP contribution in [-0.2, 0) is 4.74 Å². The Balaban J connectivity index is 1.63. The molecule has 2 amide bonds. The lowest BCUT2D eigenvalue weighted by Gasteiger charge is -2.22. The molecule has 6 heteroatoms. The van der Waals surface area contributed by atoms with Gasteiger partial charge in [-0.15, -0.1) is 0 Å². The van der Waals surface area contributed by atoms with Gasteiger partial charge in [-0.3, -0.25) is 9.59 Å². The lowest BCUT2D eigenvalue weighted by atomic mass is 9.95. The molecule has 160 valence electrons. The van der Waals surface area contributed by atoms with Gasteiger partial charge in [0.25, 0.3) is 11.8 Å². The number of hydrogen-bond acceptors (Lipinski definition) is 4. The van der Waals surface area contributed by atoms with Crippen LogP contribution in [0.3, 0.4) is 0 Å². The van der Waals surface area contributed by atoms with Crippen molar-refractivity contribution in [3.8, 4) is 5.75 Å². The molecule has 0 aliphatic heterocycles. The first-order valence-corrected chi connectivity index (χ1v) is 10.7. The third-order valence-corrected chi connectivity index (χ3v) is 5.14. The monoisotopic (exact) mass is 410 g/mol. The van der Waals surface area contributed by atoms with E-state index < -0.39 is 0 Å². The van der Waals surface area contributed by atoms with E-state index >= 15 is 0 Å². The van der Waals surface area contributed by atoms with Crippen LogP contribution in [0.1, 0.15) is 59.7 Å². The summed E-state index contributed by atoms with van der Waals surface area (Å²) in [5.41, 5.74) is 1.55. The number of carbonyl (C=O) groups excluding carboxylic acids is 2. The zero-order chi connectivity index (χ0) is 21.2. The molecule has 0 spiro atoms. The number of ether oxygens (including phenoxy) is 2. The maximum atomic E-state index is 12.8. The van der Waals surface area contributed by atoms with Crippen LogP contribution in [0.15, 0.2) is 48.5 Å². The first kappa shape index (κ1) is 21.8. The maximum absolute atomic E-state index is 12.8. The fourth-order valence-electron chi connectivity index (χ4n) is 3.59. The predicted molar refractivity (Wildman–Crippen MR) is 117 cm³/mol. The van der Waals surface area contributed by atoms with Gasteiger partial charge in [0, 0.05) is 23.9 Å². The molecule has 2 aromatic rings. The molecule has 1 aliphatic rings. The topological polar surface area (TPSA) is 76.7 Å². The average Bonchev–Trinajstić information content (AvgIpc) is 2.78. The van der Waals surface area contributed by atoms with E-state index in [4.69, 9.17) is 9.47 Å². The van der Waals surface area contributed by atoms with Crippen molar-refractivity contribution in [2.75, 3.05) is 25.1 Å². The lowest BCUT2D eigenvalue weighted by Crippen LogP contribution is -2.36. The number of carbonyl (C=O) groups is 2. The van der Waals surface area contributed by atoms with E-state index in [1.807, 2.05) is 13.0 Å².